The van der Waals surface area contributed by atoms with Gasteiger partial charge in [0.2, 0.25) is 5.91 Å². The third kappa shape index (κ3) is 1.74. The second kappa shape index (κ2) is 3.60. The Hall–Kier alpha value is -1.05. The maximum atomic E-state index is 11.3. The van der Waals surface area contributed by atoms with Gasteiger partial charge in [-0.15, -0.1) is 0 Å². The third-order valence-electron chi connectivity index (χ3n) is 3.33. The average Bonchev–Trinajstić information content (AvgIpc) is 2.74. The quantitative estimate of drug-likeness (QED) is 0.535. The molecule has 0 aromatic heterocycles. The topological polar surface area (TPSA) is 29.1 Å². The molecular weight excluding hydrogens is 174 g/mol. The normalized spacial score (nSPS) is 33.4. The van der Waals surface area contributed by atoms with Gasteiger partial charge in [-0.3, -0.25) is 4.79 Å². The second-order valence-electron chi connectivity index (χ2n) is 4.53. The zero-order valence-corrected chi connectivity index (χ0v) is 8.62. The lowest BCUT2D eigenvalue weighted by atomic mass is 9.93. The molecule has 76 valence electrons. The molecule has 2 rings (SSSR count). The van der Waals surface area contributed by atoms with Crippen molar-refractivity contribution >= 4 is 5.91 Å². The van der Waals surface area contributed by atoms with Crippen LogP contribution in [0.4, 0.5) is 0 Å². The molecule has 0 aromatic rings. The maximum Gasteiger partial charge on any atom is 0.246 e. The van der Waals surface area contributed by atoms with Crippen LogP contribution in [-0.2, 0) is 4.79 Å². The summed E-state index contributed by atoms with van der Waals surface area (Å²) in [6.07, 6.45) is 7.18. The number of rotatable bonds is 3. The monoisotopic (exact) mass is 191 g/mol. The van der Waals surface area contributed by atoms with E-state index in [1.54, 1.807) is 6.92 Å². The van der Waals surface area contributed by atoms with Crippen molar-refractivity contribution in [1.82, 2.24) is 5.32 Å². The highest BCUT2D eigenvalue weighted by molar-refractivity contribution is 5.92. The summed E-state index contributed by atoms with van der Waals surface area (Å²) in [5.41, 5.74) is 0.601. The largest absolute Gasteiger partial charge is 0.352 e. The van der Waals surface area contributed by atoms with E-state index >= 15 is 0 Å². The average molecular weight is 191 g/mol. The Balaban J connectivity index is 1.80. The molecule has 0 heterocycles. The lowest BCUT2D eigenvalue weighted by Crippen LogP contribution is -2.31. The van der Waals surface area contributed by atoms with Gasteiger partial charge in [0, 0.05) is 12.1 Å². The van der Waals surface area contributed by atoms with Gasteiger partial charge in [-0.05, 0) is 37.5 Å². The molecule has 0 spiro atoms. The third-order valence-corrected chi connectivity index (χ3v) is 3.33. The Bertz CT molecular complexity index is 293. The van der Waals surface area contributed by atoms with Gasteiger partial charge < -0.3 is 5.32 Å². The number of allylic oxidation sites excluding steroid dienone is 2. The minimum atomic E-state index is -0.00301. The molecule has 2 heteroatoms. The smallest absolute Gasteiger partial charge is 0.246 e. The molecule has 1 saturated carbocycles. The van der Waals surface area contributed by atoms with Gasteiger partial charge in [0.15, 0.2) is 0 Å². The summed E-state index contributed by atoms with van der Waals surface area (Å²) in [4.78, 5) is 11.3. The van der Waals surface area contributed by atoms with Crippen LogP contribution in [0.15, 0.2) is 24.3 Å². The van der Waals surface area contributed by atoms with Crippen LogP contribution in [0.5, 0.6) is 0 Å². The standard InChI is InChI=1S/C12H17NO/c1-8(2)12(14)13-7-11-6-9-3-4-10(11)5-9/h3-4,9-11H,1,5-7H2,2H3,(H,13,14). The summed E-state index contributed by atoms with van der Waals surface area (Å²) in [5.74, 6) is 2.15. The van der Waals surface area contributed by atoms with Gasteiger partial charge in [0.05, 0.1) is 0 Å². The van der Waals surface area contributed by atoms with E-state index in [4.69, 9.17) is 0 Å². The molecule has 14 heavy (non-hydrogen) atoms. The Labute approximate surface area is 85.1 Å². The van der Waals surface area contributed by atoms with Crippen molar-refractivity contribution in [2.45, 2.75) is 19.8 Å². The van der Waals surface area contributed by atoms with Gasteiger partial charge >= 0.3 is 0 Å². The Morgan fingerprint density at radius 3 is 2.79 bits per heavy atom. The molecule has 2 bridgehead atoms. The van der Waals surface area contributed by atoms with E-state index in [-0.39, 0.29) is 5.91 Å². The molecule has 0 aromatic carbocycles. The Morgan fingerprint density at radius 2 is 2.29 bits per heavy atom. The van der Waals surface area contributed by atoms with Crippen LogP contribution in [-0.4, -0.2) is 12.5 Å². The molecule has 2 aliphatic rings. The summed E-state index contributed by atoms with van der Waals surface area (Å²) in [6, 6.07) is 0. The molecule has 0 saturated heterocycles. The van der Waals surface area contributed by atoms with Crippen LogP contribution >= 0.6 is 0 Å². The highest BCUT2D eigenvalue weighted by atomic mass is 16.1. The predicted octanol–water partition coefficient (Wildman–Crippen LogP) is 1.89. The number of nitrogens with one attached hydrogen (secondary N) is 1. The molecule has 1 fully saturated rings. The van der Waals surface area contributed by atoms with Crippen LogP contribution in [0, 0.1) is 17.8 Å². The molecule has 0 radical (unpaired) electrons. The summed E-state index contributed by atoms with van der Waals surface area (Å²) in [7, 11) is 0. The van der Waals surface area contributed by atoms with E-state index < -0.39 is 0 Å². The number of amides is 1. The van der Waals surface area contributed by atoms with Crippen molar-refractivity contribution < 1.29 is 4.79 Å². The van der Waals surface area contributed by atoms with Crippen LogP contribution in [0.25, 0.3) is 0 Å². The molecule has 1 N–H and O–H groups in total. The van der Waals surface area contributed by atoms with Gasteiger partial charge in [-0.2, -0.15) is 0 Å². The number of carbonyl (C=O) groups excluding carboxylic acids is 1. The molecule has 1 amide bonds. The first kappa shape index (κ1) is 9.50. The number of hydrogen-bond acceptors (Lipinski definition) is 1. The van der Waals surface area contributed by atoms with Crippen LogP contribution in [0.2, 0.25) is 0 Å². The van der Waals surface area contributed by atoms with Crippen LogP contribution in [0.1, 0.15) is 19.8 Å². The van der Waals surface area contributed by atoms with Crippen LogP contribution < -0.4 is 5.32 Å². The lowest BCUT2D eigenvalue weighted by Gasteiger charge is -2.18. The van der Waals surface area contributed by atoms with Crippen molar-refractivity contribution in [1.29, 1.82) is 0 Å². The molecule has 3 atom stereocenters. The van der Waals surface area contributed by atoms with Crippen molar-refractivity contribution in [3.8, 4) is 0 Å². The maximum absolute atomic E-state index is 11.3. The number of fused-ring (bicyclic) bond motifs is 2. The molecule has 3 unspecified atom stereocenters. The Kier molecular flexibility index (Phi) is 2.44. The van der Waals surface area contributed by atoms with Crippen molar-refractivity contribution in [2.75, 3.05) is 6.54 Å². The minimum Gasteiger partial charge on any atom is -0.352 e. The van der Waals surface area contributed by atoms with E-state index in [0.717, 1.165) is 12.5 Å². The molecular formula is C12H17NO. The fourth-order valence-corrected chi connectivity index (χ4v) is 2.50. The lowest BCUT2D eigenvalue weighted by molar-refractivity contribution is -0.117. The highest BCUT2D eigenvalue weighted by Crippen LogP contribution is 2.42. The van der Waals surface area contributed by atoms with E-state index in [9.17, 15) is 4.79 Å². The number of carbonyl (C=O) groups is 1. The molecule has 2 nitrogen and oxygen atoms in total. The Morgan fingerprint density at radius 1 is 1.50 bits per heavy atom. The zero-order valence-electron chi connectivity index (χ0n) is 8.62. The summed E-state index contributed by atoms with van der Waals surface area (Å²) >= 11 is 0. The van der Waals surface area contributed by atoms with E-state index in [1.165, 1.54) is 12.8 Å². The van der Waals surface area contributed by atoms with Gasteiger partial charge in [0.1, 0.15) is 0 Å². The minimum absolute atomic E-state index is 0.00301. The first-order valence-electron chi connectivity index (χ1n) is 5.29. The predicted molar refractivity (Wildman–Crippen MR) is 56.7 cm³/mol. The first-order valence-corrected chi connectivity index (χ1v) is 5.29. The zero-order chi connectivity index (χ0) is 10.1. The van der Waals surface area contributed by atoms with Crippen molar-refractivity contribution in [3.63, 3.8) is 0 Å². The van der Waals surface area contributed by atoms with Gasteiger partial charge in [0.25, 0.3) is 0 Å². The van der Waals surface area contributed by atoms with Gasteiger partial charge in [-0.1, -0.05) is 18.7 Å². The van der Waals surface area contributed by atoms with E-state index in [2.05, 4.69) is 24.0 Å². The van der Waals surface area contributed by atoms with Crippen LogP contribution in [0.3, 0.4) is 0 Å². The highest BCUT2D eigenvalue weighted by Gasteiger charge is 2.35. The molecule has 2 aliphatic carbocycles. The first-order chi connectivity index (χ1) is 6.66. The summed E-state index contributed by atoms with van der Waals surface area (Å²) < 4.78 is 0. The van der Waals surface area contributed by atoms with Crippen molar-refractivity contribution in [2.24, 2.45) is 17.8 Å². The molecule has 0 aliphatic heterocycles. The second-order valence-corrected chi connectivity index (χ2v) is 4.53. The van der Waals surface area contributed by atoms with E-state index in [0.29, 0.717) is 17.4 Å². The fraction of sp³-hybridized carbons (Fsp3) is 0.583. The fourth-order valence-electron chi connectivity index (χ4n) is 2.50. The number of hydrogen-bond donors (Lipinski definition) is 1. The van der Waals surface area contributed by atoms with Crippen molar-refractivity contribution in [3.05, 3.63) is 24.3 Å². The van der Waals surface area contributed by atoms with Gasteiger partial charge in [-0.25, -0.2) is 0 Å². The van der Waals surface area contributed by atoms with E-state index in [1.807, 2.05) is 0 Å². The summed E-state index contributed by atoms with van der Waals surface area (Å²) in [6.45, 7) is 6.18. The summed E-state index contributed by atoms with van der Waals surface area (Å²) in [5, 5.41) is 2.94. The SMILES string of the molecule is C=C(C)C(=O)NCC1CC2C=CC1C2.